The molecule has 138 valence electrons. The molecular weight excluding hydrogens is 370 g/mol. The SMILES string of the molecule is C[C@H](Sc1nncn1C)c1cccc(-n2ncc(-c3ccc(C#N)cc3)n2)c1. The van der Waals surface area contributed by atoms with Crippen LogP contribution in [0.3, 0.4) is 0 Å². The van der Waals surface area contributed by atoms with Crippen LogP contribution in [0.2, 0.25) is 0 Å². The molecule has 0 aliphatic carbocycles. The molecule has 0 N–H and O–H groups in total. The van der Waals surface area contributed by atoms with E-state index in [1.807, 2.05) is 35.9 Å². The first-order chi connectivity index (χ1) is 13.6. The number of thioether (sulfide) groups is 1. The Morgan fingerprint density at radius 2 is 1.96 bits per heavy atom. The fourth-order valence-electron chi connectivity index (χ4n) is 2.74. The molecule has 2 aromatic carbocycles. The standard InChI is InChI=1S/C20H17N7S/c1-14(28-20-24-22-13-26(20)2)17-4-3-5-18(10-17)27-23-12-19(25-27)16-8-6-15(11-21)7-9-16/h3-10,12-14H,1-2H3/t14-/m0/s1. The maximum atomic E-state index is 8.93. The quantitative estimate of drug-likeness (QED) is 0.484. The molecule has 0 aliphatic rings. The molecule has 4 aromatic rings. The zero-order valence-corrected chi connectivity index (χ0v) is 16.2. The number of rotatable bonds is 5. The van der Waals surface area contributed by atoms with Gasteiger partial charge in [0.05, 0.1) is 23.5 Å². The van der Waals surface area contributed by atoms with Gasteiger partial charge in [0.15, 0.2) is 5.16 Å². The molecule has 8 heteroatoms. The van der Waals surface area contributed by atoms with Gasteiger partial charge in [-0.1, -0.05) is 36.0 Å². The highest BCUT2D eigenvalue weighted by molar-refractivity contribution is 7.99. The van der Waals surface area contributed by atoms with Crippen molar-refractivity contribution in [3.05, 3.63) is 72.2 Å². The Kier molecular flexibility index (Phi) is 4.91. The molecule has 0 radical (unpaired) electrons. The van der Waals surface area contributed by atoms with Crippen LogP contribution >= 0.6 is 11.8 Å². The molecule has 0 fully saturated rings. The van der Waals surface area contributed by atoms with Gasteiger partial charge in [-0.3, -0.25) is 0 Å². The largest absolute Gasteiger partial charge is 0.312 e. The lowest BCUT2D eigenvalue weighted by atomic mass is 10.1. The number of nitriles is 1. The van der Waals surface area contributed by atoms with Crippen LogP contribution in [0.15, 0.2) is 66.2 Å². The van der Waals surface area contributed by atoms with Gasteiger partial charge in [-0.15, -0.1) is 15.3 Å². The predicted octanol–water partition coefficient (Wildman–Crippen LogP) is 3.79. The third-order valence-corrected chi connectivity index (χ3v) is 5.53. The first kappa shape index (κ1) is 17.9. The van der Waals surface area contributed by atoms with Crippen LogP contribution in [0, 0.1) is 11.3 Å². The predicted molar refractivity (Wildman–Crippen MR) is 107 cm³/mol. The lowest BCUT2D eigenvalue weighted by Crippen LogP contribution is -2.01. The van der Waals surface area contributed by atoms with Crippen LogP contribution < -0.4 is 0 Å². The minimum Gasteiger partial charge on any atom is -0.312 e. The average Bonchev–Trinajstić information content (AvgIpc) is 3.38. The summed E-state index contributed by atoms with van der Waals surface area (Å²) in [5.41, 5.74) is 4.35. The van der Waals surface area contributed by atoms with E-state index in [9.17, 15) is 0 Å². The summed E-state index contributed by atoms with van der Waals surface area (Å²) in [6.45, 7) is 2.14. The van der Waals surface area contributed by atoms with Crippen molar-refractivity contribution in [2.24, 2.45) is 7.05 Å². The summed E-state index contributed by atoms with van der Waals surface area (Å²) in [7, 11) is 1.93. The highest BCUT2D eigenvalue weighted by Crippen LogP contribution is 2.33. The van der Waals surface area contributed by atoms with E-state index in [0.717, 1.165) is 27.7 Å². The number of benzene rings is 2. The van der Waals surface area contributed by atoms with Gasteiger partial charge in [-0.2, -0.15) is 15.2 Å². The number of hydrogen-bond acceptors (Lipinski definition) is 6. The minimum absolute atomic E-state index is 0.205. The molecular formula is C20H17N7S. The van der Waals surface area contributed by atoms with E-state index in [1.54, 1.807) is 41.2 Å². The molecule has 1 atom stereocenters. The molecule has 0 aliphatic heterocycles. The van der Waals surface area contributed by atoms with E-state index >= 15 is 0 Å². The van der Waals surface area contributed by atoms with Crippen molar-refractivity contribution in [2.45, 2.75) is 17.3 Å². The Morgan fingerprint density at radius 3 is 2.68 bits per heavy atom. The summed E-state index contributed by atoms with van der Waals surface area (Å²) >= 11 is 1.65. The monoisotopic (exact) mass is 387 g/mol. The summed E-state index contributed by atoms with van der Waals surface area (Å²) in [6, 6.07) is 17.6. The van der Waals surface area contributed by atoms with Gasteiger partial charge in [0, 0.05) is 17.9 Å². The maximum Gasteiger partial charge on any atom is 0.191 e. The van der Waals surface area contributed by atoms with Gasteiger partial charge >= 0.3 is 0 Å². The minimum atomic E-state index is 0.205. The Bertz CT molecular complexity index is 1140. The van der Waals surface area contributed by atoms with Crippen molar-refractivity contribution in [1.82, 2.24) is 29.8 Å². The topological polar surface area (TPSA) is 85.2 Å². The third-order valence-electron chi connectivity index (χ3n) is 4.32. The van der Waals surface area contributed by atoms with Crippen molar-refractivity contribution in [1.29, 1.82) is 5.26 Å². The smallest absolute Gasteiger partial charge is 0.191 e. The molecule has 0 bridgehead atoms. The number of aryl methyl sites for hydroxylation is 1. The van der Waals surface area contributed by atoms with Crippen molar-refractivity contribution < 1.29 is 0 Å². The van der Waals surface area contributed by atoms with E-state index in [-0.39, 0.29) is 5.25 Å². The van der Waals surface area contributed by atoms with Crippen LogP contribution in [0.1, 0.15) is 23.3 Å². The Labute approximate surface area is 166 Å². The lowest BCUT2D eigenvalue weighted by molar-refractivity contribution is 0.752. The van der Waals surface area contributed by atoms with E-state index in [4.69, 9.17) is 5.26 Å². The summed E-state index contributed by atoms with van der Waals surface area (Å²) in [5.74, 6) is 0. The van der Waals surface area contributed by atoms with Gasteiger partial charge in [-0.05, 0) is 36.8 Å². The molecule has 0 unspecified atom stereocenters. The molecule has 28 heavy (non-hydrogen) atoms. The number of nitrogens with zero attached hydrogens (tertiary/aromatic N) is 7. The van der Waals surface area contributed by atoms with Gasteiger partial charge in [0.25, 0.3) is 0 Å². The molecule has 2 aromatic heterocycles. The first-order valence-corrected chi connectivity index (χ1v) is 9.56. The molecule has 0 saturated heterocycles. The lowest BCUT2D eigenvalue weighted by Gasteiger charge is -2.12. The van der Waals surface area contributed by atoms with Crippen LogP contribution in [-0.4, -0.2) is 29.8 Å². The molecule has 4 rings (SSSR count). The number of aromatic nitrogens is 6. The highest BCUT2D eigenvalue weighted by Gasteiger charge is 2.13. The summed E-state index contributed by atoms with van der Waals surface area (Å²) < 4.78 is 1.91. The molecule has 2 heterocycles. The Morgan fingerprint density at radius 1 is 1.14 bits per heavy atom. The fraction of sp³-hybridized carbons (Fsp3) is 0.150. The Balaban J connectivity index is 1.57. The molecule has 0 saturated carbocycles. The van der Waals surface area contributed by atoms with Crippen molar-refractivity contribution >= 4 is 11.8 Å². The van der Waals surface area contributed by atoms with E-state index < -0.39 is 0 Å². The van der Waals surface area contributed by atoms with Crippen molar-refractivity contribution in [2.75, 3.05) is 0 Å². The van der Waals surface area contributed by atoms with E-state index in [0.29, 0.717) is 5.56 Å². The summed E-state index contributed by atoms with van der Waals surface area (Å²) in [4.78, 5) is 1.62. The first-order valence-electron chi connectivity index (χ1n) is 8.68. The zero-order valence-electron chi connectivity index (χ0n) is 15.4. The maximum absolute atomic E-state index is 8.93. The van der Waals surface area contributed by atoms with Gasteiger partial charge in [0.2, 0.25) is 0 Å². The number of hydrogen-bond donors (Lipinski definition) is 0. The van der Waals surface area contributed by atoms with Crippen LogP contribution in [0.5, 0.6) is 0 Å². The highest BCUT2D eigenvalue weighted by atomic mass is 32.2. The second-order valence-corrected chi connectivity index (χ2v) is 7.60. The molecule has 7 nitrogen and oxygen atoms in total. The van der Waals surface area contributed by atoms with E-state index in [1.165, 1.54) is 0 Å². The zero-order chi connectivity index (χ0) is 19.5. The normalized spacial score (nSPS) is 11.9. The average molecular weight is 387 g/mol. The van der Waals surface area contributed by atoms with Gasteiger partial charge < -0.3 is 4.57 Å². The molecule has 0 spiro atoms. The van der Waals surface area contributed by atoms with Gasteiger partial charge in [0.1, 0.15) is 12.0 Å². The fourth-order valence-corrected chi connectivity index (χ4v) is 3.65. The molecule has 0 amide bonds. The van der Waals surface area contributed by atoms with Gasteiger partial charge in [-0.25, -0.2) is 0 Å². The van der Waals surface area contributed by atoms with Crippen LogP contribution in [-0.2, 0) is 7.05 Å². The second kappa shape index (κ2) is 7.66. The van der Waals surface area contributed by atoms with Crippen LogP contribution in [0.25, 0.3) is 16.9 Å². The van der Waals surface area contributed by atoms with Crippen LogP contribution in [0.4, 0.5) is 0 Å². The van der Waals surface area contributed by atoms with E-state index in [2.05, 4.69) is 45.5 Å². The second-order valence-electron chi connectivity index (χ2n) is 6.29. The Hall–Kier alpha value is -3.44. The van der Waals surface area contributed by atoms with Crippen molar-refractivity contribution in [3.63, 3.8) is 0 Å². The summed E-state index contributed by atoms with van der Waals surface area (Å²) in [6.07, 6.45) is 3.43. The van der Waals surface area contributed by atoms with Crippen molar-refractivity contribution in [3.8, 4) is 23.0 Å². The third kappa shape index (κ3) is 3.66. The summed E-state index contributed by atoms with van der Waals surface area (Å²) in [5, 5.41) is 27.1.